The Kier molecular flexibility index (Phi) is 3.89. The van der Waals surface area contributed by atoms with Crippen LogP contribution in [0.3, 0.4) is 0 Å². The number of rotatable bonds is 3. The third-order valence-corrected chi connectivity index (χ3v) is 8.02. The van der Waals surface area contributed by atoms with Gasteiger partial charge in [-0.05, 0) is 69.9 Å². The summed E-state index contributed by atoms with van der Waals surface area (Å²) >= 11 is 3.61. The van der Waals surface area contributed by atoms with Crippen molar-refractivity contribution in [3.63, 3.8) is 0 Å². The highest BCUT2D eigenvalue weighted by Crippen LogP contribution is 2.55. The Morgan fingerprint density at radius 2 is 1.40 bits per heavy atom. The van der Waals surface area contributed by atoms with Crippen molar-refractivity contribution in [1.29, 1.82) is 0 Å². The lowest BCUT2D eigenvalue weighted by Crippen LogP contribution is -2.04. The minimum absolute atomic E-state index is 0.592. The summed E-state index contributed by atoms with van der Waals surface area (Å²) in [6, 6.07) is 18.8. The van der Waals surface area contributed by atoms with Gasteiger partial charge in [-0.15, -0.1) is 22.7 Å². The molecule has 0 unspecified atom stereocenters. The first-order chi connectivity index (χ1) is 14.5. The van der Waals surface area contributed by atoms with E-state index in [-0.39, 0.29) is 0 Å². The van der Waals surface area contributed by atoms with E-state index in [9.17, 15) is 13.2 Å². The SMILES string of the molecule is FC(F)(F)c1ccc(CCc2cc3ccc4c(c3s2)-c2ccc3ccsc3c2-4)cc1. The molecule has 0 saturated heterocycles. The quantitative estimate of drug-likeness (QED) is 0.261. The lowest BCUT2D eigenvalue weighted by Gasteiger charge is -2.25. The van der Waals surface area contributed by atoms with Crippen LogP contribution in [-0.2, 0) is 19.0 Å². The van der Waals surface area contributed by atoms with Crippen LogP contribution in [-0.4, -0.2) is 0 Å². The molecule has 1 aliphatic rings. The molecule has 1 aliphatic carbocycles. The minimum Gasteiger partial charge on any atom is -0.166 e. The van der Waals surface area contributed by atoms with Crippen LogP contribution in [0.2, 0.25) is 0 Å². The fourth-order valence-electron chi connectivity index (χ4n) is 4.33. The zero-order chi connectivity index (χ0) is 20.5. The fraction of sp³-hybridized carbons (Fsp3) is 0.120. The third-order valence-electron chi connectivity index (χ3n) is 5.84. The van der Waals surface area contributed by atoms with Gasteiger partial charge in [0.05, 0.1) is 5.56 Å². The molecule has 0 bridgehead atoms. The van der Waals surface area contributed by atoms with Crippen molar-refractivity contribution in [3.05, 3.63) is 82.0 Å². The van der Waals surface area contributed by atoms with Crippen LogP contribution in [0.25, 0.3) is 42.4 Å². The van der Waals surface area contributed by atoms with E-state index < -0.39 is 11.7 Å². The maximum Gasteiger partial charge on any atom is 0.416 e. The summed E-state index contributed by atoms with van der Waals surface area (Å²) in [5, 5.41) is 4.69. The van der Waals surface area contributed by atoms with E-state index in [2.05, 4.69) is 41.8 Å². The molecule has 0 spiro atoms. The summed E-state index contributed by atoms with van der Waals surface area (Å²) in [4.78, 5) is 1.27. The molecule has 0 fully saturated rings. The molecule has 5 heteroatoms. The van der Waals surface area contributed by atoms with E-state index in [1.54, 1.807) is 23.5 Å². The summed E-state index contributed by atoms with van der Waals surface area (Å²) < 4.78 is 40.9. The molecule has 0 saturated carbocycles. The van der Waals surface area contributed by atoms with E-state index in [0.29, 0.717) is 0 Å². The zero-order valence-electron chi connectivity index (χ0n) is 15.7. The molecule has 30 heavy (non-hydrogen) atoms. The van der Waals surface area contributed by atoms with Crippen LogP contribution in [0.4, 0.5) is 13.2 Å². The number of aryl methyl sites for hydroxylation is 2. The van der Waals surface area contributed by atoms with Crippen molar-refractivity contribution in [2.45, 2.75) is 19.0 Å². The van der Waals surface area contributed by atoms with Gasteiger partial charge < -0.3 is 0 Å². The average molecular weight is 437 g/mol. The lowest BCUT2D eigenvalue weighted by atomic mass is 9.79. The second-order valence-electron chi connectivity index (χ2n) is 7.64. The number of fused-ring (bicyclic) bond motifs is 8. The van der Waals surface area contributed by atoms with E-state index in [1.165, 1.54) is 59.4 Å². The Morgan fingerprint density at radius 1 is 0.700 bits per heavy atom. The number of alkyl halides is 3. The van der Waals surface area contributed by atoms with Gasteiger partial charge in [0.1, 0.15) is 0 Å². The van der Waals surface area contributed by atoms with Gasteiger partial charge in [-0.3, -0.25) is 0 Å². The molecule has 2 heterocycles. The van der Waals surface area contributed by atoms with Crippen LogP contribution in [0, 0.1) is 0 Å². The maximum absolute atomic E-state index is 12.7. The highest BCUT2D eigenvalue weighted by atomic mass is 32.1. The third kappa shape index (κ3) is 2.72. The monoisotopic (exact) mass is 436 g/mol. The van der Waals surface area contributed by atoms with Crippen molar-refractivity contribution in [1.82, 2.24) is 0 Å². The average Bonchev–Trinajstić information content (AvgIpc) is 3.33. The summed E-state index contributed by atoms with van der Waals surface area (Å²) in [6.45, 7) is 0. The molecule has 0 aliphatic heterocycles. The van der Waals surface area contributed by atoms with Crippen molar-refractivity contribution in [2.24, 2.45) is 0 Å². The number of halogens is 3. The maximum atomic E-state index is 12.7. The Balaban J connectivity index is 1.29. The first-order valence-electron chi connectivity index (χ1n) is 9.71. The van der Waals surface area contributed by atoms with E-state index in [0.717, 1.165) is 18.4 Å². The Labute approximate surface area is 179 Å². The summed E-state index contributed by atoms with van der Waals surface area (Å²) in [5.41, 5.74) is 5.73. The van der Waals surface area contributed by atoms with Gasteiger partial charge in [0.2, 0.25) is 0 Å². The van der Waals surface area contributed by atoms with Crippen LogP contribution in [0.5, 0.6) is 0 Å². The van der Waals surface area contributed by atoms with Gasteiger partial charge in [0.25, 0.3) is 0 Å². The first-order valence-corrected chi connectivity index (χ1v) is 11.4. The standard InChI is InChI=1S/C25H15F3S2/c26-25(27,28)17-6-1-14(2-7-17)3-8-18-13-16-5-10-20-21-19(22(20)24(16)30-18)9-4-15-11-12-29-23(15)21/h1-2,4-7,9-13H,3,8H2. The summed E-state index contributed by atoms with van der Waals surface area (Å²) in [5.74, 6) is 0. The molecule has 2 aromatic heterocycles. The normalized spacial score (nSPS) is 12.8. The van der Waals surface area contributed by atoms with Crippen LogP contribution in [0.15, 0.2) is 66.0 Å². The molecule has 0 amide bonds. The number of benzene rings is 3. The van der Waals surface area contributed by atoms with Gasteiger partial charge in [-0.1, -0.05) is 36.4 Å². The van der Waals surface area contributed by atoms with E-state index in [1.807, 2.05) is 11.3 Å². The fourth-order valence-corrected chi connectivity index (χ4v) is 6.51. The van der Waals surface area contributed by atoms with Gasteiger partial charge in [0, 0.05) is 25.4 Å². The van der Waals surface area contributed by atoms with Crippen LogP contribution < -0.4 is 0 Å². The molecule has 5 aromatic rings. The predicted octanol–water partition coefficient (Wildman–Crippen LogP) is 8.57. The van der Waals surface area contributed by atoms with Crippen LogP contribution >= 0.6 is 22.7 Å². The molecular formula is C25H15F3S2. The van der Waals surface area contributed by atoms with Gasteiger partial charge >= 0.3 is 6.18 Å². The molecule has 3 aromatic carbocycles. The van der Waals surface area contributed by atoms with Crippen molar-refractivity contribution in [3.8, 4) is 22.3 Å². The Bertz CT molecular complexity index is 1420. The molecule has 0 atom stereocenters. The topological polar surface area (TPSA) is 0 Å². The van der Waals surface area contributed by atoms with Crippen LogP contribution in [0.1, 0.15) is 16.0 Å². The Hall–Kier alpha value is -2.63. The molecular weight excluding hydrogens is 421 g/mol. The van der Waals surface area contributed by atoms with E-state index >= 15 is 0 Å². The van der Waals surface area contributed by atoms with Crippen molar-refractivity contribution >= 4 is 42.8 Å². The second kappa shape index (κ2) is 6.43. The highest BCUT2D eigenvalue weighted by molar-refractivity contribution is 7.20. The van der Waals surface area contributed by atoms with Crippen molar-refractivity contribution in [2.75, 3.05) is 0 Å². The van der Waals surface area contributed by atoms with Gasteiger partial charge in [-0.2, -0.15) is 13.2 Å². The number of thiophene rings is 2. The minimum atomic E-state index is -4.28. The smallest absolute Gasteiger partial charge is 0.166 e. The summed E-state index contributed by atoms with van der Waals surface area (Å²) in [7, 11) is 0. The van der Waals surface area contributed by atoms with Crippen molar-refractivity contribution < 1.29 is 13.2 Å². The number of hydrogen-bond acceptors (Lipinski definition) is 2. The molecule has 6 rings (SSSR count). The van der Waals surface area contributed by atoms with Gasteiger partial charge in [-0.25, -0.2) is 0 Å². The highest BCUT2D eigenvalue weighted by Gasteiger charge is 2.30. The summed E-state index contributed by atoms with van der Waals surface area (Å²) in [6.07, 6.45) is -2.72. The predicted molar refractivity (Wildman–Crippen MR) is 120 cm³/mol. The second-order valence-corrected chi connectivity index (χ2v) is 9.69. The van der Waals surface area contributed by atoms with Gasteiger partial charge in [0.15, 0.2) is 0 Å². The largest absolute Gasteiger partial charge is 0.416 e. The first kappa shape index (κ1) is 18.2. The lowest BCUT2D eigenvalue weighted by molar-refractivity contribution is -0.137. The number of hydrogen-bond donors (Lipinski definition) is 0. The van der Waals surface area contributed by atoms with E-state index in [4.69, 9.17) is 0 Å². The molecule has 0 nitrogen and oxygen atoms in total. The molecule has 0 N–H and O–H groups in total. The zero-order valence-corrected chi connectivity index (χ0v) is 17.3. The Morgan fingerprint density at radius 3 is 2.13 bits per heavy atom. The molecule has 148 valence electrons. The molecule has 0 radical (unpaired) electrons.